The molecule has 0 aliphatic heterocycles. The van der Waals surface area contributed by atoms with Gasteiger partial charge in [0, 0.05) is 28.4 Å². The Bertz CT molecular complexity index is 1220. The molecule has 1 saturated carbocycles. The second-order valence-electron chi connectivity index (χ2n) is 7.91. The van der Waals surface area contributed by atoms with Gasteiger partial charge in [0.25, 0.3) is 0 Å². The average molecular weight is 425 g/mol. The number of benzene rings is 2. The Morgan fingerprint density at radius 1 is 1.00 bits per heavy atom. The van der Waals surface area contributed by atoms with Crippen molar-refractivity contribution in [3.8, 4) is 0 Å². The number of fused-ring (bicyclic) bond motifs is 3. The van der Waals surface area contributed by atoms with Crippen molar-refractivity contribution in [2.24, 2.45) is 0 Å². The molecule has 0 radical (unpaired) electrons. The van der Waals surface area contributed by atoms with Gasteiger partial charge in [-0.1, -0.05) is 36.4 Å². The summed E-state index contributed by atoms with van der Waals surface area (Å²) in [5.41, 5.74) is 2.06. The van der Waals surface area contributed by atoms with Crippen LogP contribution in [0.1, 0.15) is 18.6 Å². The largest absolute Gasteiger partial charge is 0.468 e. The number of nitrogens with zero attached hydrogens (tertiary/aromatic N) is 2. The van der Waals surface area contributed by atoms with Gasteiger partial charge < -0.3 is 14.1 Å². The predicted molar refractivity (Wildman–Crippen MR) is 117 cm³/mol. The topological polar surface area (TPSA) is 75.7 Å². The molecule has 1 unspecified atom stereocenters. The lowest BCUT2D eigenvalue weighted by Gasteiger charge is -2.24. The maximum Gasteiger partial charge on any atom is 0.217 e. The van der Waals surface area contributed by atoms with Crippen LogP contribution in [0, 0.1) is 0 Å². The molecule has 1 N–H and O–H groups in total. The summed E-state index contributed by atoms with van der Waals surface area (Å²) in [4.78, 5) is 0. The molecule has 0 bridgehead atoms. The highest BCUT2D eigenvalue weighted by atomic mass is 32.2. The minimum Gasteiger partial charge on any atom is -0.468 e. The molecule has 6 nitrogen and oxygen atoms in total. The van der Waals surface area contributed by atoms with E-state index in [2.05, 4.69) is 16.7 Å². The van der Waals surface area contributed by atoms with Crippen LogP contribution >= 0.6 is 0 Å². The van der Waals surface area contributed by atoms with E-state index in [0.717, 1.165) is 21.8 Å². The number of aliphatic hydroxyl groups is 1. The second-order valence-corrected chi connectivity index (χ2v) is 10.1. The molecule has 1 aliphatic carbocycles. The number of hydrogen-bond acceptors (Lipinski definition) is 4. The van der Waals surface area contributed by atoms with Gasteiger partial charge in [0.15, 0.2) is 0 Å². The minimum atomic E-state index is -3.46. The zero-order valence-electron chi connectivity index (χ0n) is 16.5. The summed E-state index contributed by atoms with van der Waals surface area (Å²) >= 11 is 0. The number of aromatic nitrogens is 1. The Morgan fingerprint density at radius 3 is 2.20 bits per heavy atom. The summed E-state index contributed by atoms with van der Waals surface area (Å²) in [5, 5.41) is 12.9. The quantitative estimate of drug-likeness (QED) is 0.468. The summed E-state index contributed by atoms with van der Waals surface area (Å²) in [6.07, 6.45) is 2.04. The third-order valence-electron chi connectivity index (χ3n) is 5.71. The van der Waals surface area contributed by atoms with Gasteiger partial charge in [0.1, 0.15) is 5.76 Å². The fourth-order valence-corrected chi connectivity index (χ4v) is 5.96. The molecule has 2 aromatic carbocycles. The molecule has 0 saturated heterocycles. The lowest BCUT2D eigenvalue weighted by Crippen LogP contribution is -2.40. The number of hydrogen-bond donors (Lipinski definition) is 1. The van der Waals surface area contributed by atoms with Crippen LogP contribution in [0.4, 0.5) is 0 Å². The van der Waals surface area contributed by atoms with Crippen LogP contribution in [0.25, 0.3) is 21.8 Å². The van der Waals surface area contributed by atoms with Crippen LogP contribution in [0.15, 0.2) is 71.3 Å². The van der Waals surface area contributed by atoms with Crippen LogP contribution < -0.4 is 0 Å². The standard InChI is InChI=1S/C23H24N2O4S/c26-17(14-24(16-18-6-5-13-29-18)30(27,28)19-11-12-19)15-25-22-9-3-1-7-20(22)21-8-2-4-10-23(21)25/h1-10,13,17,19,26H,11-12,14-16H2. The van der Waals surface area contributed by atoms with E-state index in [1.165, 1.54) is 10.6 Å². The van der Waals surface area contributed by atoms with Gasteiger partial charge in [-0.05, 0) is 37.1 Å². The number of para-hydroxylation sites is 2. The molecule has 1 fully saturated rings. The van der Waals surface area contributed by atoms with Crippen molar-refractivity contribution in [2.75, 3.05) is 6.54 Å². The lowest BCUT2D eigenvalue weighted by atomic mass is 10.2. The van der Waals surface area contributed by atoms with Crippen molar-refractivity contribution >= 4 is 31.8 Å². The Labute approximate surface area is 175 Å². The first kappa shape index (κ1) is 19.4. The normalized spacial score (nSPS) is 15.9. The summed E-state index contributed by atoms with van der Waals surface area (Å²) in [7, 11) is -3.46. The van der Waals surface area contributed by atoms with Crippen LogP contribution in [-0.2, 0) is 23.1 Å². The molecule has 0 spiro atoms. The molecule has 1 atom stereocenters. The van der Waals surface area contributed by atoms with Crippen LogP contribution in [0.3, 0.4) is 0 Å². The van der Waals surface area contributed by atoms with Crippen LogP contribution in [0.2, 0.25) is 0 Å². The Kier molecular flexibility index (Phi) is 4.89. The van der Waals surface area contributed by atoms with E-state index in [1.54, 1.807) is 12.1 Å². The summed E-state index contributed by atoms with van der Waals surface area (Å²) in [6, 6.07) is 19.7. The molecule has 4 aromatic rings. The van der Waals surface area contributed by atoms with Crippen molar-refractivity contribution in [1.82, 2.24) is 8.87 Å². The van der Waals surface area contributed by atoms with Crippen molar-refractivity contribution in [2.45, 2.75) is 37.3 Å². The van der Waals surface area contributed by atoms with Gasteiger partial charge in [0.05, 0.1) is 30.7 Å². The van der Waals surface area contributed by atoms with Crippen LogP contribution in [-0.4, -0.2) is 40.3 Å². The molecule has 156 valence electrons. The number of furan rings is 1. The van der Waals surface area contributed by atoms with Crippen LogP contribution in [0.5, 0.6) is 0 Å². The molecule has 1 aliphatic rings. The highest BCUT2D eigenvalue weighted by molar-refractivity contribution is 7.90. The molecule has 7 heteroatoms. The van der Waals surface area contributed by atoms with E-state index >= 15 is 0 Å². The Balaban J connectivity index is 1.44. The number of sulfonamides is 1. The summed E-state index contributed by atoms with van der Waals surface area (Å²) in [6.45, 7) is 0.472. The Morgan fingerprint density at radius 2 is 1.63 bits per heavy atom. The monoisotopic (exact) mass is 424 g/mol. The molecular formula is C23H24N2O4S. The molecule has 30 heavy (non-hydrogen) atoms. The SMILES string of the molecule is O=S(=O)(C1CC1)N(Cc1ccco1)CC(O)Cn1c2ccccc2c2ccccc21. The number of rotatable bonds is 8. The lowest BCUT2D eigenvalue weighted by molar-refractivity contribution is 0.126. The first-order chi connectivity index (χ1) is 14.5. The van der Waals surface area contributed by atoms with Gasteiger partial charge in [0.2, 0.25) is 10.0 Å². The molecule has 5 rings (SSSR count). The third-order valence-corrected chi connectivity index (χ3v) is 8.02. The van der Waals surface area contributed by atoms with Crippen molar-refractivity contribution in [1.29, 1.82) is 0 Å². The second kappa shape index (κ2) is 7.58. The van der Waals surface area contributed by atoms with Gasteiger partial charge in [-0.2, -0.15) is 4.31 Å². The highest BCUT2D eigenvalue weighted by Crippen LogP contribution is 2.33. The summed E-state index contributed by atoms with van der Waals surface area (Å²) < 4.78 is 34.7. The van der Waals surface area contributed by atoms with E-state index in [-0.39, 0.29) is 18.3 Å². The zero-order chi connectivity index (χ0) is 20.7. The maximum atomic E-state index is 12.9. The van der Waals surface area contributed by atoms with E-state index in [4.69, 9.17) is 4.42 Å². The third kappa shape index (κ3) is 3.53. The van der Waals surface area contributed by atoms with E-state index in [1.807, 2.05) is 36.4 Å². The van der Waals surface area contributed by atoms with Crippen molar-refractivity contribution in [3.63, 3.8) is 0 Å². The van der Waals surface area contributed by atoms with Crippen molar-refractivity contribution in [3.05, 3.63) is 72.7 Å². The van der Waals surface area contributed by atoms with Gasteiger partial charge in [-0.15, -0.1) is 0 Å². The maximum absolute atomic E-state index is 12.9. The number of aliphatic hydroxyl groups excluding tert-OH is 1. The first-order valence-corrected chi connectivity index (χ1v) is 11.7. The predicted octanol–water partition coefficient (Wildman–Crippen LogP) is 3.74. The zero-order valence-corrected chi connectivity index (χ0v) is 17.3. The van der Waals surface area contributed by atoms with Gasteiger partial charge >= 0.3 is 0 Å². The smallest absolute Gasteiger partial charge is 0.217 e. The van der Waals surface area contributed by atoms with Gasteiger partial charge in [-0.25, -0.2) is 8.42 Å². The fourth-order valence-electron chi connectivity index (χ4n) is 4.12. The fraction of sp³-hybridized carbons (Fsp3) is 0.304. The van der Waals surface area contributed by atoms with E-state index in [0.29, 0.717) is 25.1 Å². The molecule has 2 heterocycles. The summed E-state index contributed by atoms with van der Waals surface area (Å²) in [5.74, 6) is 0.572. The first-order valence-electron chi connectivity index (χ1n) is 10.2. The molecule has 0 amide bonds. The van der Waals surface area contributed by atoms with Gasteiger partial charge in [-0.3, -0.25) is 0 Å². The van der Waals surface area contributed by atoms with E-state index < -0.39 is 16.1 Å². The molecular weight excluding hydrogens is 400 g/mol. The average Bonchev–Trinajstić information content (AvgIpc) is 3.42. The minimum absolute atomic E-state index is 0.0281. The van der Waals surface area contributed by atoms with Crippen molar-refractivity contribution < 1.29 is 17.9 Å². The molecule has 2 aromatic heterocycles. The highest BCUT2D eigenvalue weighted by Gasteiger charge is 2.41. The van der Waals surface area contributed by atoms with E-state index in [9.17, 15) is 13.5 Å². The Hall–Kier alpha value is -2.61.